The summed E-state index contributed by atoms with van der Waals surface area (Å²) in [5.74, 6) is 0.192. The molecule has 1 aromatic rings. The van der Waals surface area contributed by atoms with Gasteiger partial charge in [0.25, 0.3) is 0 Å². The Kier molecular flexibility index (Phi) is 3.29. The minimum absolute atomic E-state index is 0.159. The number of hydrogen-bond acceptors (Lipinski definition) is 1. The molecule has 0 spiro atoms. The van der Waals surface area contributed by atoms with Gasteiger partial charge < -0.3 is 5.32 Å². The van der Waals surface area contributed by atoms with E-state index in [0.717, 1.165) is 12.1 Å². The first-order valence-corrected chi connectivity index (χ1v) is 4.69. The highest BCUT2D eigenvalue weighted by molar-refractivity contribution is 5.53. The third-order valence-electron chi connectivity index (χ3n) is 2.02. The fourth-order valence-corrected chi connectivity index (χ4v) is 1.39. The second kappa shape index (κ2) is 4.26. The molecule has 0 aliphatic rings. The Morgan fingerprint density at radius 1 is 1.38 bits per heavy atom. The van der Waals surface area contributed by atoms with E-state index in [0.29, 0.717) is 11.6 Å². The first-order chi connectivity index (χ1) is 6.16. The van der Waals surface area contributed by atoms with Crippen LogP contribution in [0.3, 0.4) is 0 Å². The Balaban J connectivity index is 3.09. The summed E-state index contributed by atoms with van der Waals surface area (Å²) in [6.07, 6.45) is 0. The molecule has 0 aliphatic carbocycles. The molecule has 1 N–H and O–H groups in total. The van der Waals surface area contributed by atoms with E-state index in [1.807, 2.05) is 13.0 Å². The first-order valence-electron chi connectivity index (χ1n) is 4.69. The van der Waals surface area contributed by atoms with E-state index < -0.39 is 0 Å². The van der Waals surface area contributed by atoms with Gasteiger partial charge >= 0.3 is 0 Å². The van der Waals surface area contributed by atoms with Crippen LogP contribution in [0.2, 0.25) is 0 Å². The molecule has 0 atom stereocenters. The Bertz CT molecular complexity index is 281. The molecule has 0 saturated heterocycles. The van der Waals surface area contributed by atoms with E-state index in [2.05, 4.69) is 19.2 Å². The van der Waals surface area contributed by atoms with E-state index in [1.165, 1.54) is 6.07 Å². The van der Waals surface area contributed by atoms with Crippen LogP contribution in [0.1, 0.15) is 32.3 Å². The number of rotatable bonds is 3. The van der Waals surface area contributed by atoms with Gasteiger partial charge in [-0.2, -0.15) is 0 Å². The van der Waals surface area contributed by atoms with Crippen LogP contribution in [0.5, 0.6) is 0 Å². The molecule has 0 fully saturated rings. The molecule has 1 aromatic carbocycles. The molecule has 13 heavy (non-hydrogen) atoms. The normalized spacial score (nSPS) is 10.5. The Morgan fingerprint density at radius 3 is 2.62 bits per heavy atom. The highest BCUT2D eigenvalue weighted by Gasteiger charge is 2.09. The molecule has 0 aliphatic heterocycles. The average Bonchev–Trinajstić information content (AvgIpc) is 2.08. The molecule has 72 valence electrons. The van der Waals surface area contributed by atoms with E-state index in [-0.39, 0.29) is 5.82 Å². The van der Waals surface area contributed by atoms with E-state index in [1.54, 1.807) is 6.07 Å². The zero-order valence-corrected chi connectivity index (χ0v) is 8.39. The van der Waals surface area contributed by atoms with Crippen LogP contribution >= 0.6 is 0 Å². The lowest BCUT2D eigenvalue weighted by Crippen LogP contribution is -2.04. The summed E-state index contributed by atoms with van der Waals surface area (Å²) in [6.45, 7) is 6.85. The van der Waals surface area contributed by atoms with Crippen molar-refractivity contribution in [1.29, 1.82) is 0 Å². The van der Waals surface area contributed by atoms with Crippen molar-refractivity contribution in [3.8, 4) is 0 Å². The lowest BCUT2D eigenvalue weighted by Gasteiger charge is -2.14. The maximum atomic E-state index is 13.3. The van der Waals surface area contributed by atoms with E-state index in [9.17, 15) is 4.39 Å². The molecule has 0 unspecified atom stereocenters. The lowest BCUT2D eigenvalue weighted by molar-refractivity contribution is 0.626. The van der Waals surface area contributed by atoms with Crippen LogP contribution in [-0.2, 0) is 0 Å². The zero-order valence-electron chi connectivity index (χ0n) is 8.39. The maximum absolute atomic E-state index is 13.3. The van der Waals surface area contributed by atoms with Crippen LogP contribution in [0.15, 0.2) is 18.2 Å². The van der Waals surface area contributed by atoms with Crippen LogP contribution in [0, 0.1) is 5.82 Å². The van der Waals surface area contributed by atoms with Gasteiger partial charge in [-0.1, -0.05) is 26.0 Å². The predicted molar refractivity (Wildman–Crippen MR) is 54.7 cm³/mol. The summed E-state index contributed by atoms with van der Waals surface area (Å²) in [7, 11) is 0. The van der Waals surface area contributed by atoms with Crippen molar-refractivity contribution in [2.24, 2.45) is 0 Å². The summed E-state index contributed by atoms with van der Waals surface area (Å²) in [5.41, 5.74) is 1.70. The molecule has 1 nitrogen and oxygen atoms in total. The Labute approximate surface area is 79.0 Å². The van der Waals surface area contributed by atoms with Gasteiger partial charge in [-0.15, -0.1) is 0 Å². The standard InChI is InChI=1S/C11H16FN/c1-4-13-11-9(8(2)3)6-5-7-10(11)12/h5-8,13H,4H2,1-3H3. The molecule has 2 heteroatoms. The van der Waals surface area contributed by atoms with Gasteiger partial charge in [-0.25, -0.2) is 4.39 Å². The van der Waals surface area contributed by atoms with Crippen molar-refractivity contribution in [3.63, 3.8) is 0 Å². The largest absolute Gasteiger partial charge is 0.383 e. The van der Waals surface area contributed by atoms with E-state index in [4.69, 9.17) is 0 Å². The number of para-hydroxylation sites is 1. The molecule has 0 amide bonds. The first kappa shape index (κ1) is 10.0. The predicted octanol–water partition coefficient (Wildman–Crippen LogP) is 3.38. The summed E-state index contributed by atoms with van der Waals surface area (Å²) >= 11 is 0. The van der Waals surface area contributed by atoms with E-state index >= 15 is 0 Å². The molecule has 1 rings (SSSR count). The lowest BCUT2D eigenvalue weighted by atomic mass is 10.0. The van der Waals surface area contributed by atoms with Gasteiger partial charge in [-0.05, 0) is 24.5 Å². The van der Waals surface area contributed by atoms with Crippen LogP contribution in [0.25, 0.3) is 0 Å². The van der Waals surface area contributed by atoms with Crippen molar-refractivity contribution in [1.82, 2.24) is 0 Å². The summed E-state index contributed by atoms with van der Waals surface area (Å²) in [4.78, 5) is 0. The summed E-state index contributed by atoms with van der Waals surface area (Å²) in [6, 6.07) is 5.21. The summed E-state index contributed by atoms with van der Waals surface area (Å²) < 4.78 is 13.3. The molecular formula is C11H16FN. The minimum atomic E-state index is -0.159. The van der Waals surface area contributed by atoms with Gasteiger partial charge in [0, 0.05) is 6.54 Å². The Hall–Kier alpha value is -1.05. The Morgan fingerprint density at radius 2 is 2.08 bits per heavy atom. The minimum Gasteiger partial charge on any atom is -0.383 e. The number of nitrogens with one attached hydrogen (secondary N) is 1. The highest BCUT2D eigenvalue weighted by Crippen LogP contribution is 2.26. The van der Waals surface area contributed by atoms with Crippen molar-refractivity contribution in [2.75, 3.05) is 11.9 Å². The number of benzene rings is 1. The summed E-state index contributed by atoms with van der Waals surface area (Å²) in [5, 5.41) is 3.05. The van der Waals surface area contributed by atoms with Crippen molar-refractivity contribution < 1.29 is 4.39 Å². The SMILES string of the molecule is CCNc1c(F)cccc1C(C)C. The van der Waals surface area contributed by atoms with Gasteiger partial charge in [0.05, 0.1) is 5.69 Å². The third-order valence-corrected chi connectivity index (χ3v) is 2.02. The topological polar surface area (TPSA) is 12.0 Å². The maximum Gasteiger partial charge on any atom is 0.146 e. The smallest absolute Gasteiger partial charge is 0.146 e. The zero-order chi connectivity index (χ0) is 9.84. The fourth-order valence-electron chi connectivity index (χ4n) is 1.39. The molecule has 0 radical (unpaired) electrons. The number of anilines is 1. The monoisotopic (exact) mass is 181 g/mol. The molecule has 0 bridgehead atoms. The van der Waals surface area contributed by atoms with Crippen molar-refractivity contribution >= 4 is 5.69 Å². The highest BCUT2D eigenvalue weighted by atomic mass is 19.1. The molecule has 0 heterocycles. The van der Waals surface area contributed by atoms with Crippen LogP contribution < -0.4 is 5.32 Å². The van der Waals surface area contributed by atoms with Gasteiger partial charge in [-0.3, -0.25) is 0 Å². The van der Waals surface area contributed by atoms with Crippen LogP contribution in [-0.4, -0.2) is 6.54 Å². The van der Waals surface area contributed by atoms with Crippen LogP contribution in [0.4, 0.5) is 10.1 Å². The molecule has 0 saturated carbocycles. The van der Waals surface area contributed by atoms with Crippen molar-refractivity contribution in [2.45, 2.75) is 26.7 Å². The average molecular weight is 181 g/mol. The number of halogens is 1. The molecular weight excluding hydrogens is 165 g/mol. The third kappa shape index (κ3) is 2.20. The second-order valence-electron chi connectivity index (χ2n) is 3.39. The number of hydrogen-bond donors (Lipinski definition) is 1. The van der Waals surface area contributed by atoms with Crippen molar-refractivity contribution in [3.05, 3.63) is 29.6 Å². The fraction of sp³-hybridized carbons (Fsp3) is 0.455. The van der Waals surface area contributed by atoms with Gasteiger partial charge in [0.2, 0.25) is 0 Å². The van der Waals surface area contributed by atoms with Gasteiger partial charge in [0.1, 0.15) is 5.82 Å². The quantitative estimate of drug-likeness (QED) is 0.753. The van der Waals surface area contributed by atoms with Gasteiger partial charge in [0.15, 0.2) is 0 Å². The molecule has 0 aromatic heterocycles. The second-order valence-corrected chi connectivity index (χ2v) is 3.39.